The van der Waals surface area contributed by atoms with Crippen molar-refractivity contribution in [2.24, 2.45) is 5.92 Å². The Hall–Kier alpha value is -5.04. The highest BCUT2D eigenvalue weighted by molar-refractivity contribution is 5.98. The first-order valence-corrected chi connectivity index (χ1v) is 14.1. The number of piperidine rings is 1. The molecule has 1 aliphatic heterocycles. The van der Waals surface area contributed by atoms with Crippen molar-refractivity contribution >= 4 is 29.2 Å². The van der Waals surface area contributed by atoms with Gasteiger partial charge in [-0.1, -0.05) is 6.07 Å². The number of likely N-dealkylation sites (tertiary alicyclic amines) is 1. The second-order valence-electron chi connectivity index (χ2n) is 10.4. The van der Waals surface area contributed by atoms with E-state index in [4.69, 9.17) is 18.9 Å². The van der Waals surface area contributed by atoms with Crippen molar-refractivity contribution < 1.29 is 36.9 Å². The lowest BCUT2D eigenvalue weighted by Gasteiger charge is -2.29. The van der Waals surface area contributed by atoms with Crippen LogP contribution in [0.4, 0.5) is 41.1 Å². The lowest BCUT2D eigenvalue weighted by atomic mass is 10.00. The van der Waals surface area contributed by atoms with E-state index in [1.54, 1.807) is 12.1 Å². The molecule has 0 aliphatic carbocycles. The molecule has 5 rings (SSSR count). The fourth-order valence-electron chi connectivity index (χ4n) is 4.97. The number of benzene rings is 3. The number of methoxy groups -OCH3 is 2. The Bertz CT molecular complexity index is 1640. The Balaban J connectivity index is 1.40. The van der Waals surface area contributed by atoms with Gasteiger partial charge in [0.2, 0.25) is 11.7 Å². The summed E-state index contributed by atoms with van der Waals surface area (Å²) in [5, 5.41) is 2.91. The van der Waals surface area contributed by atoms with Gasteiger partial charge in [0.05, 0.1) is 26.5 Å². The van der Waals surface area contributed by atoms with Crippen LogP contribution in [0.5, 0.6) is 23.0 Å². The number of para-hydroxylation sites is 1. The molecule has 1 aromatic heterocycles. The smallest absolute Gasteiger partial charge is 0.425 e. The molecule has 1 amide bonds. The zero-order valence-corrected chi connectivity index (χ0v) is 24.9. The van der Waals surface area contributed by atoms with Crippen LogP contribution in [0.15, 0.2) is 66.9 Å². The van der Waals surface area contributed by atoms with Crippen LogP contribution >= 0.6 is 0 Å². The minimum Gasteiger partial charge on any atom is -0.497 e. The van der Waals surface area contributed by atoms with E-state index >= 15 is 0 Å². The number of carbonyl (C=O) groups excluding carboxylic acids is 1. The van der Waals surface area contributed by atoms with Crippen LogP contribution in [-0.2, 0) is 0 Å². The Morgan fingerprint density at radius 2 is 1.80 bits per heavy atom. The molecule has 0 spiro atoms. The van der Waals surface area contributed by atoms with Gasteiger partial charge in [0.15, 0.2) is 23.2 Å². The number of nitrogens with one attached hydrogen (secondary N) is 1. The molecule has 236 valence electrons. The summed E-state index contributed by atoms with van der Waals surface area (Å²) in [7, 11) is 4.89. The summed E-state index contributed by atoms with van der Waals surface area (Å²) in [6, 6.07) is 13.4. The molecule has 1 atom stereocenters. The SMILES string of the molecule is COc1ccc(N(C(=O)Oc2c(F)cccc2F)c2ccnc(Nc3ccc(OCC4CCCN(C)C4)c(F)c3)n2)c(OC)c1. The fourth-order valence-corrected chi connectivity index (χ4v) is 4.97. The summed E-state index contributed by atoms with van der Waals surface area (Å²) in [4.78, 5) is 25.3. The number of rotatable bonds is 10. The van der Waals surface area contributed by atoms with Crippen LogP contribution in [0.2, 0.25) is 0 Å². The normalized spacial score (nSPS) is 14.8. The maximum absolute atomic E-state index is 15.0. The van der Waals surface area contributed by atoms with E-state index in [-0.39, 0.29) is 29.0 Å². The van der Waals surface area contributed by atoms with Gasteiger partial charge in [-0.15, -0.1) is 0 Å². The van der Waals surface area contributed by atoms with Crippen LogP contribution in [0.3, 0.4) is 0 Å². The second kappa shape index (κ2) is 14.2. The molecular weight excluding hydrogens is 591 g/mol. The molecule has 1 aliphatic rings. The van der Waals surface area contributed by atoms with Crippen LogP contribution < -0.4 is 29.2 Å². The summed E-state index contributed by atoms with van der Waals surface area (Å²) in [5.74, 6) is -2.60. The average molecular weight is 624 g/mol. The number of anilines is 4. The van der Waals surface area contributed by atoms with E-state index in [0.717, 1.165) is 49.0 Å². The number of amides is 1. The van der Waals surface area contributed by atoms with Crippen molar-refractivity contribution in [3.63, 3.8) is 0 Å². The average Bonchev–Trinajstić information content (AvgIpc) is 3.03. The number of aromatic nitrogens is 2. The minimum absolute atomic E-state index is 0.00633. The first-order chi connectivity index (χ1) is 21.7. The number of carbonyl (C=O) groups is 1. The predicted octanol–water partition coefficient (Wildman–Crippen LogP) is 6.71. The molecule has 2 heterocycles. The zero-order chi connectivity index (χ0) is 31.9. The molecule has 4 aromatic rings. The molecule has 0 bridgehead atoms. The van der Waals surface area contributed by atoms with E-state index in [2.05, 4.69) is 27.2 Å². The van der Waals surface area contributed by atoms with Crippen LogP contribution in [-0.4, -0.2) is 61.9 Å². The molecule has 1 fully saturated rings. The van der Waals surface area contributed by atoms with Crippen LogP contribution in [0, 0.1) is 23.4 Å². The third-order valence-corrected chi connectivity index (χ3v) is 7.17. The quantitative estimate of drug-likeness (QED) is 0.207. The van der Waals surface area contributed by atoms with Gasteiger partial charge in [-0.2, -0.15) is 4.98 Å². The minimum atomic E-state index is -1.19. The summed E-state index contributed by atoms with van der Waals surface area (Å²) in [6.07, 6.45) is 2.26. The molecule has 13 heteroatoms. The Morgan fingerprint density at radius 1 is 1.00 bits per heavy atom. The van der Waals surface area contributed by atoms with Crippen LogP contribution in [0.1, 0.15) is 12.8 Å². The number of nitrogens with zero attached hydrogens (tertiary/aromatic N) is 4. The summed E-state index contributed by atoms with van der Waals surface area (Å²) >= 11 is 0. The number of halogens is 3. The third kappa shape index (κ3) is 7.55. The summed E-state index contributed by atoms with van der Waals surface area (Å²) in [5.41, 5.74) is 0.445. The molecule has 1 saturated heterocycles. The van der Waals surface area contributed by atoms with Gasteiger partial charge in [-0.25, -0.2) is 27.8 Å². The van der Waals surface area contributed by atoms with Gasteiger partial charge < -0.3 is 29.2 Å². The van der Waals surface area contributed by atoms with Gasteiger partial charge in [0, 0.05) is 42.5 Å². The Morgan fingerprint density at radius 3 is 2.51 bits per heavy atom. The van der Waals surface area contributed by atoms with Gasteiger partial charge in [-0.3, -0.25) is 0 Å². The molecule has 45 heavy (non-hydrogen) atoms. The van der Waals surface area contributed by atoms with E-state index in [1.165, 1.54) is 50.7 Å². The van der Waals surface area contributed by atoms with Crippen molar-refractivity contribution in [1.29, 1.82) is 0 Å². The van der Waals surface area contributed by atoms with E-state index < -0.39 is 29.3 Å². The topological polar surface area (TPSA) is 98.3 Å². The molecule has 1 N–H and O–H groups in total. The highest BCUT2D eigenvalue weighted by Gasteiger charge is 2.28. The Labute approximate surface area is 258 Å². The molecule has 0 radical (unpaired) electrons. The highest BCUT2D eigenvalue weighted by atomic mass is 19.1. The molecule has 3 aromatic carbocycles. The second-order valence-corrected chi connectivity index (χ2v) is 10.4. The van der Waals surface area contributed by atoms with Gasteiger partial charge in [0.25, 0.3) is 0 Å². The largest absolute Gasteiger partial charge is 0.497 e. The summed E-state index contributed by atoms with van der Waals surface area (Å²) in [6.45, 7) is 2.36. The predicted molar refractivity (Wildman–Crippen MR) is 161 cm³/mol. The fraction of sp³-hybridized carbons (Fsp3) is 0.281. The lowest BCUT2D eigenvalue weighted by Crippen LogP contribution is -2.34. The van der Waals surface area contributed by atoms with Gasteiger partial charge in [-0.05, 0) is 62.8 Å². The monoisotopic (exact) mass is 623 g/mol. The first kappa shape index (κ1) is 31.4. The van der Waals surface area contributed by atoms with E-state index in [0.29, 0.717) is 24.0 Å². The highest BCUT2D eigenvalue weighted by Crippen LogP contribution is 2.37. The lowest BCUT2D eigenvalue weighted by molar-refractivity contribution is 0.147. The molecular formula is C32H32F3N5O5. The van der Waals surface area contributed by atoms with Crippen molar-refractivity contribution in [1.82, 2.24) is 14.9 Å². The van der Waals surface area contributed by atoms with Gasteiger partial charge in [0.1, 0.15) is 17.3 Å². The molecule has 10 nitrogen and oxygen atoms in total. The standard InChI is InChI=1S/C32H32F3N5O5/c1-39-15-5-6-20(18-39)19-44-27-12-9-21(16-25(27)35)37-31-36-14-13-29(38-31)40(26-11-10-22(42-2)17-28(26)43-3)32(41)45-30-23(33)7-4-8-24(30)34/h4,7-14,16-17,20H,5-6,15,18-19H2,1-3H3,(H,36,37,38). The summed E-state index contributed by atoms with van der Waals surface area (Å²) < 4.78 is 65.4. The number of ether oxygens (including phenoxy) is 4. The first-order valence-electron chi connectivity index (χ1n) is 14.1. The third-order valence-electron chi connectivity index (χ3n) is 7.17. The van der Waals surface area contributed by atoms with Crippen molar-refractivity contribution in [2.75, 3.05) is 51.2 Å². The van der Waals surface area contributed by atoms with Crippen molar-refractivity contribution in [3.05, 3.63) is 84.3 Å². The zero-order valence-electron chi connectivity index (χ0n) is 24.9. The van der Waals surface area contributed by atoms with E-state index in [9.17, 15) is 18.0 Å². The number of hydrogen-bond donors (Lipinski definition) is 1. The van der Waals surface area contributed by atoms with Crippen molar-refractivity contribution in [2.45, 2.75) is 12.8 Å². The maximum atomic E-state index is 15.0. The van der Waals surface area contributed by atoms with Gasteiger partial charge >= 0.3 is 6.09 Å². The number of hydrogen-bond acceptors (Lipinski definition) is 9. The molecule has 1 unspecified atom stereocenters. The Kier molecular flexibility index (Phi) is 9.88. The molecule has 0 saturated carbocycles. The van der Waals surface area contributed by atoms with E-state index in [1.807, 2.05) is 0 Å². The van der Waals surface area contributed by atoms with Crippen LogP contribution in [0.25, 0.3) is 0 Å². The maximum Gasteiger partial charge on any atom is 0.425 e. The van der Waals surface area contributed by atoms with Crippen molar-refractivity contribution in [3.8, 4) is 23.0 Å².